The van der Waals surface area contributed by atoms with E-state index in [0.29, 0.717) is 19.8 Å². The zero-order valence-corrected chi connectivity index (χ0v) is 20.4. The van der Waals surface area contributed by atoms with Gasteiger partial charge in [0.1, 0.15) is 18.3 Å². The minimum Gasteiger partial charge on any atom is -0.368 e. The first kappa shape index (κ1) is 24.9. The number of ether oxygens (including phenoxy) is 4. The van der Waals surface area contributed by atoms with E-state index in [1.54, 1.807) is 0 Å². The molecule has 4 rings (SSSR count). The maximum atomic E-state index is 6.50. The third kappa shape index (κ3) is 6.92. The third-order valence-electron chi connectivity index (χ3n) is 5.77. The second-order valence-corrected chi connectivity index (χ2v) is 8.78. The van der Waals surface area contributed by atoms with E-state index in [4.69, 9.17) is 23.1 Å². The van der Waals surface area contributed by atoms with E-state index in [2.05, 4.69) is 24.3 Å². The second kappa shape index (κ2) is 13.0. The fraction of sp³-hybridized carbons (Fsp3) is 0.357. The standard InChI is InChI=1S/C28H32O5S/c1-21-25(29-18-22-12-6-3-7-13-22)26(30-19-23-14-8-4-9-15-23)27(28(32-21)33-34-2)31-20-24-16-10-5-11-17-24/h3-17,21,25-28H,18-20H2,1-2H3/t21-,25+,26+,27-,28?/m1/s1. The molecule has 0 bridgehead atoms. The van der Waals surface area contributed by atoms with Crippen molar-refractivity contribution in [2.24, 2.45) is 0 Å². The molecule has 3 aromatic rings. The zero-order valence-electron chi connectivity index (χ0n) is 19.6. The number of benzene rings is 3. The van der Waals surface area contributed by atoms with Gasteiger partial charge >= 0.3 is 0 Å². The van der Waals surface area contributed by atoms with Crippen molar-refractivity contribution in [3.8, 4) is 0 Å². The van der Waals surface area contributed by atoms with E-state index in [1.165, 1.54) is 12.0 Å². The van der Waals surface area contributed by atoms with Crippen molar-refractivity contribution in [2.45, 2.75) is 57.5 Å². The molecular formula is C28H32O5S. The highest BCUT2D eigenvalue weighted by Gasteiger charge is 2.47. The van der Waals surface area contributed by atoms with E-state index in [0.717, 1.165) is 16.7 Å². The van der Waals surface area contributed by atoms with Crippen LogP contribution in [0.5, 0.6) is 0 Å². The molecule has 180 valence electrons. The molecule has 1 saturated heterocycles. The van der Waals surface area contributed by atoms with E-state index in [9.17, 15) is 0 Å². The summed E-state index contributed by atoms with van der Waals surface area (Å²) in [5.41, 5.74) is 3.26. The summed E-state index contributed by atoms with van der Waals surface area (Å²) in [6, 6.07) is 30.3. The lowest BCUT2D eigenvalue weighted by Gasteiger charge is -2.44. The molecule has 1 aliphatic rings. The Morgan fingerprint density at radius 2 is 1.03 bits per heavy atom. The monoisotopic (exact) mass is 480 g/mol. The van der Waals surface area contributed by atoms with Gasteiger partial charge in [0.15, 0.2) is 6.29 Å². The van der Waals surface area contributed by atoms with Crippen LogP contribution in [-0.4, -0.2) is 37.0 Å². The topological polar surface area (TPSA) is 46.2 Å². The lowest BCUT2D eigenvalue weighted by molar-refractivity contribution is -0.298. The summed E-state index contributed by atoms with van der Waals surface area (Å²) in [6.07, 6.45) is -0.113. The van der Waals surface area contributed by atoms with Gasteiger partial charge in [-0.25, -0.2) is 0 Å². The number of hydrogen-bond acceptors (Lipinski definition) is 6. The van der Waals surface area contributed by atoms with Crippen LogP contribution in [0.25, 0.3) is 0 Å². The molecule has 0 N–H and O–H groups in total. The van der Waals surface area contributed by atoms with Gasteiger partial charge in [0.2, 0.25) is 0 Å². The van der Waals surface area contributed by atoms with E-state index in [-0.39, 0.29) is 18.3 Å². The van der Waals surface area contributed by atoms with Crippen LogP contribution in [0.15, 0.2) is 91.0 Å². The third-order valence-corrected chi connectivity index (χ3v) is 6.16. The van der Waals surface area contributed by atoms with Crippen molar-refractivity contribution in [1.29, 1.82) is 0 Å². The van der Waals surface area contributed by atoms with Crippen LogP contribution in [0.3, 0.4) is 0 Å². The van der Waals surface area contributed by atoms with Crippen LogP contribution in [0.1, 0.15) is 23.6 Å². The highest BCUT2D eigenvalue weighted by Crippen LogP contribution is 2.32. The van der Waals surface area contributed by atoms with E-state index >= 15 is 0 Å². The Morgan fingerprint density at radius 1 is 0.618 bits per heavy atom. The summed E-state index contributed by atoms with van der Waals surface area (Å²) in [5, 5.41) is 0. The Morgan fingerprint density at radius 3 is 1.47 bits per heavy atom. The fourth-order valence-corrected chi connectivity index (χ4v) is 4.39. The van der Waals surface area contributed by atoms with Gasteiger partial charge in [0, 0.05) is 6.26 Å². The van der Waals surface area contributed by atoms with Crippen LogP contribution in [0, 0.1) is 0 Å². The fourth-order valence-electron chi connectivity index (χ4n) is 4.04. The maximum absolute atomic E-state index is 6.50. The van der Waals surface area contributed by atoms with Gasteiger partial charge in [-0.1, -0.05) is 91.0 Å². The normalized spacial score (nSPS) is 24.7. The first-order valence-corrected chi connectivity index (χ1v) is 12.7. The summed E-state index contributed by atoms with van der Waals surface area (Å²) in [6.45, 7) is 3.33. The Balaban J connectivity index is 1.55. The highest BCUT2D eigenvalue weighted by atomic mass is 32.2. The minimum atomic E-state index is -0.578. The Hall–Kier alpha value is -2.19. The molecule has 0 aromatic heterocycles. The molecule has 0 saturated carbocycles. The molecular weight excluding hydrogens is 448 g/mol. The van der Waals surface area contributed by atoms with Crippen LogP contribution < -0.4 is 0 Å². The molecule has 5 atom stereocenters. The minimum absolute atomic E-state index is 0.238. The Bertz CT molecular complexity index is 956. The molecule has 0 amide bonds. The SMILES string of the molecule is CSOC1O[C@H](C)[C@H](OCc2ccccc2)[C@H](OCc2ccccc2)[C@H]1OCc1ccccc1. The van der Waals surface area contributed by atoms with Crippen LogP contribution >= 0.6 is 12.0 Å². The highest BCUT2D eigenvalue weighted by molar-refractivity contribution is 7.93. The lowest BCUT2D eigenvalue weighted by atomic mass is 9.98. The summed E-state index contributed by atoms with van der Waals surface area (Å²) in [7, 11) is 0. The van der Waals surface area contributed by atoms with Crippen molar-refractivity contribution < 1.29 is 23.1 Å². The predicted molar refractivity (Wildman–Crippen MR) is 134 cm³/mol. The first-order valence-electron chi connectivity index (χ1n) is 11.6. The van der Waals surface area contributed by atoms with Crippen molar-refractivity contribution in [2.75, 3.05) is 6.26 Å². The van der Waals surface area contributed by atoms with Gasteiger partial charge in [-0.15, -0.1) is 0 Å². The van der Waals surface area contributed by atoms with E-state index < -0.39 is 12.4 Å². The summed E-state index contributed by atoms with van der Waals surface area (Å²) >= 11 is 1.26. The lowest BCUT2D eigenvalue weighted by Crippen LogP contribution is -2.59. The summed E-state index contributed by atoms with van der Waals surface area (Å²) in [5.74, 6) is 0. The molecule has 1 heterocycles. The Labute approximate surface area is 206 Å². The van der Waals surface area contributed by atoms with Crippen LogP contribution in [0.4, 0.5) is 0 Å². The summed E-state index contributed by atoms with van der Waals surface area (Å²) < 4.78 is 31.4. The predicted octanol–water partition coefficient (Wildman–Crippen LogP) is 5.78. The molecule has 0 spiro atoms. The first-order chi connectivity index (χ1) is 16.7. The van der Waals surface area contributed by atoms with Crippen molar-refractivity contribution in [3.63, 3.8) is 0 Å². The molecule has 34 heavy (non-hydrogen) atoms. The molecule has 1 aliphatic heterocycles. The Kier molecular flexibility index (Phi) is 9.56. The van der Waals surface area contributed by atoms with Crippen molar-refractivity contribution >= 4 is 12.0 Å². The number of rotatable bonds is 11. The van der Waals surface area contributed by atoms with Gasteiger partial charge in [0.05, 0.1) is 25.9 Å². The molecule has 6 heteroatoms. The molecule has 1 unspecified atom stereocenters. The quantitative estimate of drug-likeness (QED) is 0.324. The molecule has 3 aromatic carbocycles. The van der Waals surface area contributed by atoms with Gasteiger partial charge in [0.25, 0.3) is 0 Å². The van der Waals surface area contributed by atoms with E-state index in [1.807, 2.05) is 79.9 Å². The van der Waals surface area contributed by atoms with Gasteiger partial charge in [-0.05, 0) is 35.7 Å². The molecule has 5 nitrogen and oxygen atoms in total. The van der Waals surface area contributed by atoms with Crippen LogP contribution in [-0.2, 0) is 43.0 Å². The van der Waals surface area contributed by atoms with Gasteiger partial charge < -0.3 is 18.9 Å². The largest absolute Gasteiger partial charge is 0.368 e. The maximum Gasteiger partial charge on any atom is 0.199 e. The zero-order chi connectivity index (χ0) is 23.6. The average Bonchev–Trinajstić information content (AvgIpc) is 2.88. The molecule has 1 fully saturated rings. The smallest absolute Gasteiger partial charge is 0.199 e. The molecule has 0 radical (unpaired) electrons. The summed E-state index contributed by atoms with van der Waals surface area (Å²) in [4.78, 5) is 0. The van der Waals surface area contributed by atoms with Crippen LogP contribution in [0.2, 0.25) is 0 Å². The van der Waals surface area contributed by atoms with Gasteiger partial charge in [-0.2, -0.15) is 0 Å². The molecule has 0 aliphatic carbocycles. The van der Waals surface area contributed by atoms with Gasteiger partial charge in [-0.3, -0.25) is 4.18 Å². The second-order valence-electron chi connectivity index (χ2n) is 8.26. The van der Waals surface area contributed by atoms with Crippen molar-refractivity contribution in [1.82, 2.24) is 0 Å². The van der Waals surface area contributed by atoms with Crippen molar-refractivity contribution in [3.05, 3.63) is 108 Å². The number of hydrogen-bond donors (Lipinski definition) is 0. The average molecular weight is 481 g/mol.